The number of carbonyl (C=O) groups excluding carboxylic acids is 1. The summed E-state index contributed by atoms with van der Waals surface area (Å²) < 4.78 is 0. The molecule has 0 bridgehead atoms. The SMILES string of the molecule is CCCNC(=O)CSC(c1ccccc1)C(C)N. The minimum atomic E-state index is 0.0244. The first-order chi connectivity index (χ1) is 8.65. The third-order valence-corrected chi connectivity index (χ3v) is 4.06. The average Bonchev–Trinajstić information content (AvgIpc) is 2.37. The second-order valence-corrected chi connectivity index (χ2v) is 5.48. The lowest BCUT2D eigenvalue weighted by Crippen LogP contribution is -2.28. The van der Waals surface area contributed by atoms with E-state index >= 15 is 0 Å². The van der Waals surface area contributed by atoms with Crippen molar-refractivity contribution in [3.8, 4) is 0 Å². The largest absolute Gasteiger partial charge is 0.355 e. The molecule has 0 aromatic heterocycles. The Morgan fingerprint density at radius 3 is 2.61 bits per heavy atom. The van der Waals surface area contributed by atoms with Gasteiger partial charge >= 0.3 is 0 Å². The predicted molar refractivity (Wildman–Crippen MR) is 78.6 cm³/mol. The van der Waals surface area contributed by atoms with Gasteiger partial charge in [0.2, 0.25) is 5.91 Å². The summed E-state index contributed by atoms with van der Waals surface area (Å²) in [4.78, 5) is 11.6. The van der Waals surface area contributed by atoms with Gasteiger partial charge in [-0.05, 0) is 18.9 Å². The molecular formula is C14H22N2OS. The van der Waals surface area contributed by atoms with E-state index in [9.17, 15) is 4.79 Å². The molecule has 0 saturated carbocycles. The fraction of sp³-hybridized carbons (Fsp3) is 0.500. The smallest absolute Gasteiger partial charge is 0.230 e. The topological polar surface area (TPSA) is 55.1 Å². The van der Waals surface area contributed by atoms with E-state index in [1.165, 1.54) is 5.56 Å². The molecule has 0 fully saturated rings. The minimum Gasteiger partial charge on any atom is -0.355 e. The van der Waals surface area contributed by atoms with Crippen molar-refractivity contribution in [3.63, 3.8) is 0 Å². The Balaban J connectivity index is 2.52. The second kappa shape index (κ2) is 8.16. The van der Waals surface area contributed by atoms with E-state index in [0.29, 0.717) is 5.75 Å². The molecule has 1 aromatic rings. The summed E-state index contributed by atoms with van der Waals surface area (Å²) in [5, 5.41) is 3.04. The van der Waals surface area contributed by atoms with Gasteiger partial charge in [-0.15, -0.1) is 11.8 Å². The lowest BCUT2D eigenvalue weighted by molar-refractivity contribution is -0.118. The van der Waals surface area contributed by atoms with Crippen LogP contribution < -0.4 is 11.1 Å². The van der Waals surface area contributed by atoms with E-state index in [-0.39, 0.29) is 17.2 Å². The fourth-order valence-corrected chi connectivity index (χ4v) is 2.76. The molecule has 3 nitrogen and oxygen atoms in total. The van der Waals surface area contributed by atoms with E-state index in [1.54, 1.807) is 11.8 Å². The number of benzene rings is 1. The Kier molecular flexibility index (Phi) is 6.83. The molecule has 0 radical (unpaired) electrons. The molecule has 18 heavy (non-hydrogen) atoms. The number of carbonyl (C=O) groups is 1. The van der Waals surface area contributed by atoms with Crippen LogP contribution in [-0.2, 0) is 4.79 Å². The average molecular weight is 266 g/mol. The van der Waals surface area contributed by atoms with E-state index in [4.69, 9.17) is 5.73 Å². The van der Waals surface area contributed by atoms with Gasteiger partial charge < -0.3 is 11.1 Å². The quantitative estimate of drug-likeness (QED) is 0.796. The first kappa shape index (κ1) is 15.1. The van der Waals surface area contributed by atoms with Gasteiger partial charge in [0.25, 0.3) is 0 Å². The fourth-order valence-electron chi connectivity index (χ4n) is 1.68. The van der Waals surface area contributed by atoms with Crippen LogP contribution in [0.2, 0.25) is 0 Å². The lowest BCUT2D eigenvalue weighted by Gasteiger charge is -2.20. The molecule has 100 valence electrons. The van der Waals surface area contributed by atoms with Crippen molar-refractivity contribution in [2.45, 2.75) is 31.6 Å². The second-order valence-electron chi connectivity index (χ2n) is 4.35. The Morgan fingerprint density at radius 2 is 2.06 bits per heavy atom. The summed E-state index contributed by atoms with van der Waals surface area (Å²) in [6.07, 6.45) is 0.964. The number of hydrogen-bond acceptors (Lipinski definition) is 3. The van der Waals surface area contributed by atoms with Gasteiger partial charge in [0.05, 0.1) is 5.75 Å². The van der Waals surface area contributed by atoms with Crippen LogP contribution in [0.3, 0.4) is 0 Å². The van der Waals surface area contributed by atoms with Crippen LogP contribution in [0.25, 0.3) is 0 Å². The molecule has 4 heteroatoms. The molecule has 2 unspecified atom stereocenters. The summed E-state index contributed by atoms with van der Waals surface area (Å²) in [6, 6.07) is 10.1. The van der Waals surface area contributed by atoms with Crippen LogP contribution in [0, 0.1) is 0 Å². The summed E-state index contributed by atoms with van der Waals surface area (Å²) in [5.41, 5.74) is 7.18. The standard InChI is InChI=1S/C14H22N2OS/c1-3-9-16-13(17)10-18-14(11(2)15)12-7-5-4-6-8-12/h4-8,11,14H,3,9-10,15H2,1-2H3,(H,16,17). The van der Waals surface area contributed by atoms with Crippen molar-refractivity contribution in [3.05, 3.63) is 35.9 Å². The Morgan fingerprint density at radius 1 is 1.39 bits per heavy atom. The van der Waals surface area contributed by atoms with Crippen LogP contribution in [-0.4, -0.2) is 24.2 Å². The molecule has 1 rings (SSSR count). The van der Waals surface area contributed by atoms with Crippen molar-refractivity contribution in [2.24, 2.45) is 5.73 Å². The van der Waals surface area contributed by atoms with Gasteiger partial charge in [0.1, 0.15) is 0 Å². The highest BCUT2D eigenvalue weighted by atomic mass is 32.2. The van der Waals surface area contributed by atoms with Crippen molar-refractivity contribution in [2.75, 3.05) is 12.3 Å². The van der Waals surface area contributed by atoms with E-state index in [0.717, 1.165) is 13.0 Å². The minimum absolute atomic E-state index is 0.0244. The third kappa shape index (κ3) is 5.10. The first-order valence-electron chi connectivity index (χ1n) is 6.34. The van der Waals surface area contributed by atoms with Gasteiger partial charge in [0.15, 0.2) is 0 Å². The maximum atomic E-state index is 11.6. The molecule has 1 amide bonds. The monoisotopic (exact) mass is 266 g/mol. The molecule has 0 saturated heterocycles. The molecule has 0 aliphatic heterocycles. The molecule has 3 N–H and O–H groups in total. The molecule has 0 heterocycles. The van der Waals surface area contributed by atoms with Crippen LogP contribution in [0.5, 0.6) is 0 Å². The van der Waals surface area contributed by atoms with E-state index in [1.807, 2.05) is 32.0 Å². The zero-order valence-corrected chi connectivity index (χ0v) is 11.9. The molecular weight excluding hydrogens is 244 g/mol. The number of rotatable bonds is 7. The van der Waals surface area contributed by atoms with Gasteiger partial charge in [-0.2, -0.15) is 0 Å². The van der Waals surface area contributed by atoms with Crippen molar-refractivity contribution >= 4 is 17.7 Å². The van der Waals surface area contributed by atoms with Crippen LogP contribution in [0.1, 0.15) is 31.1 Å². The maximum Gasteiger partial charge on any atom is 0.230 e. The molecule has 0 aliphatic rings. The van der Waals surface area contributed by atoms with Crippen molar-refractivity contribution in [1.82, 2.24) is 5.32 Å². The van der Waals surface area contributed by atoms with E-state index < -0.39 is 0 Å². The van der Waals surface area contributed by atoms with Crippen LogP contribution in [0.4, 0.5) is 0 Å². The van der Waals surface area contributed by atoms with Crippen LogP contribution in [0.15, 0.2) is 30.3 Å². The highest BCUT2D eigenvalue weighted by Crippen LogP contribution is 2.30. The molecule has 1 aromatic carbocycles. The number of nitrogens with two attached hydrogens (primary N) is 1. The Hall–Kier alpha value is -1.00. The molecule has 2 atom stereocenters. The normalized spacial score (nSPS) is 13.9. The van der Waals surface area contributed by atoms with Crippen molar-refractivity contribution < 1.29 is 4.79 Å². The number of hydrogen-bond donors (Lipinski definition) is 2. The summed E-state index contributed by atoms with van der Waals surface area (Å²) in [7, 11) is 0. The zero-order chi connectivity index (χ0) is 13.4. The lowest BCUT2D eigenvalue weighted by atomic mass is 10.1. The third-order valence-electron chi connectivity index (χ3n) is 2.57. The van der Waals surface area contributed by atoms with Gasteiger partial charge in [0, 0.05) is 17.8 Å². The first-order valence-corrected chi connectivity index (χ1v) is 7.38. The number of nitrogens with one attached hydrogen (secondary N) is 1. The summed E-state index contributed by atoms with van der Waals surface area (Å²) in [5.74, 6) is 0.546. The highest BCUT2D eigenvalue weighted by molar-refractivity contribution is 8.00. The highest BCUT2D eigenvalue weighted by Gasteiger charge is 2.17. The Bertz CT molecular complexity index is 354. The summed E-state index contributed by atoms with van der Waals surface area (Å²) >= 11 is 1.60. The predicted octanol–water partition coefficient (Wildman–Crippen LogP) is 2.33. The van der Waals surface area contributed by atoms with E-state index in [2.05, 4.69) is 17.4 Å². The summed E-state index contributed by atoms with van der Waals surface area (Å²) in [6.45, 7) is 4.77. The van der Waals surface area contributed by atoms with Gasteiger partial charge in [-0.25, -0.2) is 0 Å². The zero-order valence-electron chi connectivity index (χ0n) is 11.1. The number of amides is 1. The van der Waals surface area contributed by atoms with Crippen LogP contribution >= 0.6 is 11.8 Å². The number of thioether (sulfide) groups is 1. The molecule has 0 spiro atoms. The molecule has 0 aliphatic carbocycles. The maximum absolute atomic E-state index is 11.6. The Labute approximate surface area is 114 Å². The van der Waals surface area contributed by atoms with Gasteiger partial charge in [-0.3, -0.25) is 4.79 Å². The van der Waals surface area contributed by atoms with Gasteiger partial charge in [-0.1, -0.05) is 37.3 Å². The van der Waals surface area contributed by atoms with Crippen molar-refractivity contribution in [1.29, 1.82) is 0 Å².